The van der Waals surface area contributed by atoms with E-state index < -0.39 is 5.97 Å². The molecule has 4 aromatic rings. The average Bonchev–Trinajstić information content (AvgIpc) is 3.49. The van der Waals surface area contributed by atoms with Crippen LogP contribution in [0.5, 0.6) is 11.5 Å². The lowest BCUT2D eigenvalue weighted by atomic mass is 10.0. The molecule has 2 heterocycles. The molecule has 0 spiro atoms. The van der Waals surface area contributed by atoms with E-state index in [9.17, 15) is 10.1 Å². The van der Waals surface area contributed by atoms with Gasteiger partial charge in [0.05, 0.1) is 17.1 Å². The molecule has 180 valence electrons. The minimum Gasteiger partial charge on any atom is -0.486 e. The van der Waals surface area contributed by atoms with E-state index in [1.807, 2.05) is 42.5 Å². The molecule has 6 rings (SSSR count). The van der Waals surface area contributed by atoms with Gasteiger partial charge in [-0.1, -0.05) is 29.8 Å². The summed E-state index contributed by atoms with van der Waals surface area (Å²) in [5.41, 5.74) is 5.38. The highest BCUT2D eigenvalue weighted by atomic mass is 35.5. The van der Waals surface area contributed by atoms with Gasteiger partial charge in [-0.2, -0.15) is 5.26 Å². The van der Waals surface area contributed by atoms with Crippen molar-refractivity contribution in [2.45, 2.75) is 18.9 Å². The van der Waals surface area contributed by atoms with Crippen LogP contribution in [0.1, 0.15) is 29.2 Å². The first-order chi connectivity index (χ1) is 17.5. The van der Waals surface area contributed by atoms with Gasteiger partial charge in [-0.05, 0) is 53.8 Å². The number of carboxylic acids is 1. The summed E-state index contributed by atoms with van der Waals surface area (Å²) in [6.45, 7) is 0.853. The van der Waals surface area contributed by atoms with Crippen LogP contribution < -0.4 is 14.8 Å². The van der Waals surface area contributed by atoms with Crippen LogP contribution in [0.25, 0.3) is 33.7 Å². The number of nitriles is 1. The average molecular weight is 502 g/mol. The number of oxazole rings is 1. The Morgan fingerprint density at radius 1 is 1.17 bits per heavy atom. The molecule has 0 unspecified atom stereocenters. The molecule has 0 amide bonds. The fourth-order valence-electron chi connectivity index (χ4n) is 4.94. The summed E-state index contributed by atoms with van der Waals surface area (Å²) in [6, 6.07) is 15.3. The maximum absolute atomic E-state index is 11.0. The highest BCUT2D eigenvalue weighted by Gasteiger charge is 2.29. The summed E-state index contributed by atoms with van der Waals surface area (Å²) in [7, 11) is 0. The van der Waals surface area contributed by atoms with E-state index in [1.165, 1.54) is 0 Å². The Hall–Kier alpha value is -4.06. The zero-order chi connectivity index (χ0) is 24.8. The molecule has 8 nitrogen and oxygen atoms in total. The molecule has 1 aliphatic heterocycles. The molecular formula is C27H20ClN3O5. The minimum atomic E-state index is -0.929. The molecule has 9 heteroatoms. The Morgan fingerprint density at radius 3 is 2.78 bits per heavy atom. The van der Waals surface area contributed by atoms with Crippen molar-refractivity contribution in [1.29, 1.82) is 5.26 Å². The molecule has 1 aliphatic carbocycles. The second-order valence-corrected chi connectivity index (χ2v) is 9.07. The largest absolute Gasteiger partial charge is 0.486 e. The number of nitrogens with one attached hydrogen (secondary N) is 1. The van der Waals surface area contributed by atoms with Crippen molar-refractivity contribution in [3.63, 3.8) is 0 Å². The minimum absolute atomic E-state index is 0.156. The lowest BCUT2D eigenvalue weighted by Gasteiger charge is -2.19. The Bertz CT molecular complexity index is 1570. The highest BCUT2D eigenvalue weighted by molar-refractivity contribution is 6.36. The van der Waals surface area contributed by atoms with Crippen molar-refractivity contribution < 1.29 is 23.8 Å². The van der Waals surface area contributed by atoms with Crippen LogP contribution in [-0.4, -0.2) is 35.8 Å². The van der Waals surface area contributed by atoms with Gasteiger partial charge in [-0.25, -0.2) is 4.98 Å². The lowest BCUT2D eigenvalue weighted by Crippen LogP contribution is -2.26. The Labute approximate surface area is 211 Å². The lowest BCUT2D eigenvalue weighted by molar-refractivity contribution is -0.136. The normalized spacial score (nSPS) is 16.1. The van der Waals surface area contributed by atoms with Crippen LogP contribution in [0.4, 0.5) is 0 Å². The SMILES string of the molecule is N#Cc1c2c(cc3nc(-c4cccc(-c5ccc6c(c5)OCCO6)c4Cl)oc13)[C@H](NCC(=O)O)CC2. The first-order valence-electron chi connectivity index (χ1n) is 11.5. The van der Waals surface area contributed by atoms with E-state index >= 15 is 0 Å². The van der Waals surface area contributed by atoms with Crippen LogP contribution >= 0.6 is 11.6 Å². The maximum Gasteiger partial charge on any atom is 0.317 e. The number of fused-ring (bicyclic) bond motifs is 3. The molecule has 0 radical (unpaired) electrons. The van der Waals surface area contributed by atoms with Gasteiger partial charge in [0, 0.05) is 11.6 Å². The fraction of sp³-hybridized carbons (Fsp3) is 0.222. The summed E-state index contributed by atoms with van der Waals surface area (Å²) in [6.07, 6.45) is 1.36. The molecular weight excluding hydrogens is 482 g/mol. The van der Waals surface area contributed by atoms with E-state index in [-0.39, 0.29) is 12.6 Å². The number of carboxylic acid groups (broad SMARTS) is 1. The van der Waals surface area contributed by atoms with Crippen LogP contribution in [0.3, 0.4) is 0 Å². The van der Waals surface area contributed by atoms with Crippen LogP contribution in [-0.2, 0) is 11.2 Å². The molecule has 2 aliphatic rings. The molecule has 0 saturated carbocycles. The second-order valence-electron chi connectivity index (χ2n) is 8.69. The van der Waals surface area contributed by atoms with Crippen molar-refractivity contribution in [3.05, 3.63) is 64.2 Å². The van der Waals surface area contributed by atoms with Crippen molar-refractivity contribution in [2.24, 2.45) is 0 Å². The zero-order valence-electron chi connectivity index (χ0n) is 19.0. The van der Waals surface area contributed by atoms with E-state index in [0.29, 0.717) is 70.7 Å². The van der Waals surface area contributed by atoms with Gasteiger partial charge in [0.25, 0.3) is 0 Å². The third-order valence-electron chi connectivity index (χ3n) is 6.58. The topological polar surface area (TPSA) is 118 Å². The number of nitrogens with zero attached hydrogens (tertiary/aromatic N) is 2. The van der Waals surface area contributed by atoms with Crippen molar-refractivity contribution in [2.75, 3.05) is 19.8 Å². The number of rotatable bonds is 5. The van der Waals surface area contributed by atoms with Crippen molar-refractivity contribution >= 4 is 28.7 Å². The van der Waals surface area contributed by atoms with Gasteiger partial charge in [0.2, 0.25) is 5.89 Å². The summed E-state index contributed by atoms with van der Waals surface area (Å²) < 4.78 is 17.5. The summed E-state index contributed by atoms with van der Waals surface area (Å²) in [4.78, 5) is 15.7. The summed E-state index contributed by atoms with van der Waals surface area (Å²) >= 11 is 6.85. The molecule has 1 atom stereocenters. The number of hydrogen-bond donors (Lipinski definition) is 2. The molecule has 36 heavy (non-hydrogen) atoms. The molecule has 3 aromatic carbocycles. The van der Waals surface area contributed by atoms with Crippen LogP contribution in [0.15, 0.2) is 46.9 Å². The fourth-order valence-corrected chi connectivity index (χ4v) is 5.25. The van der Waals surface area contributed by atoms with Gasteiger partial charge < -0.3 is 24.3 Å². The zero-order valence-corrected chi connectivity index (χ0v) is 19.8. The second kappa shape index (κ2) is 8.86. The quantitative estimate of drug-likeness (QED) is 0.387. The number of benzene rings is 3. The van der Waals surface area contributed by atoms with E-state index in [4.69, 9.17) is 30.6 Å². The van der Waals surface area contributed by atoms with Crippen LogP contribution in [0.2, 0.25) is 5.02 Å². The first kappa shape index (κ1) is 22.4. The Morgan fingerprint density at radius 2 is 1.97 bits per heavy atom. The number of ether oxygens (including phenoxy) is 2. The summed E-state index contributed by atoms with van der Waals surface area (Å²) in [5.74, 6) is 0.747. The molecule has 0 fully saturated rings. The molecule has 1 aromatic heterocycles. The maximum atomic E-state index is 11.0. The predicted octanol–water partition coefficient (Wildman–Crippen LogP) is 5.12. The van der Waals surface area contributed by atoms with Gasteiger partial charge in [-0.15, -0.1) is 0 Å². The highest BCUT2D eigenvalue weighted by Crippen LogP contribution is 2.42. The van der Waals surface area contributed by atoms with Crippen molar-refractivity contribution in [3.8, 4) is 40.1 Å². The molecule has 0 saturated heterocycles. The summed E-state index contributed by atoms with van der Waals surface area (Å²) in [5, 5.41) is 22.5. The molecule has 2 N–H and O–H groups in total. The smallest absolute Gasteiger partial charge is 0.317 e. The molecule has 0 bridgehead atoms. The number of hydrogen-bond acceptors (Lipinski definition) is 7. The van der Waals surface area contributed by atoms with E-state index in [2.05, 4.69) is 16.4 Å². The first-order valence-corrected chi connectivity index (χ1v) is 11.9. The Kier molecular flexibility index (Phi) is 5.52. The van der Waals surface area contributed by atoms with Gasteiger partial charge in [0.1, 0.15) is 30.4 Å². The monoisotopic (exact) mass is 501 g/mol. The third kappa shape index (κ3) is 3.73. The number of carbonyl (C=O) groups is 1. The van der Waals surface area contributed by atoms with Crippen LogP contribution in [0, 0.1) is 11.3 Å². The van der Waals surface area contributed by atoms with Gasteiger partial charge in [-0.3, -0.25) is 4.79 Å². The van der Waals surface area contributed by atoms with Gasteiger partial charge >= 0.3 is 5.97 Å². The third-order valence-corrected chi connectivity index (χ3v) is 6.98. The number of aromatic nitrogens is 1. The standard InChI is InChI=1S/C27H20ClN3O5/c28-25-15(14-4-7-22-23(10-14)35-9-8-34-22)2-1-3-17(25)27-31-21-11-18-16(19(12-29)26(21)36-27)5-6-20(18)30-13-24(32)33/h1-4,7,10-11,20,30H,5-6,8-9,13H2,(H,32,33)/t20-/m1/s1. The van der Waals surface area contributed by atoms with Gasteiger partial charge in [0.15, 0.2) is 17.1 Å². The van der Waals surface area contributed by atoms with E-state index in [0.717, 1.165) is 22.3 Å². The predicted molar refractivity (Wildman–Crippen MR) is 132 cm³/mol. The number of aliphatic carboxylic acids is 1. The van der Waals surface area contributed by atoms with E-state index in [1.54, 1.807) is 0 Å². The van der Waals surface area contributed by atoms with Crippen molar-refractivity contribution in [1.82, 2.24) is 10.3 Å². The Balaban J connectivity index is 1.42. The number of halogens is 1.